The molecule has 0 aromatic heterocycles. The van der Waals surface area contributed by atoms with Crippen molar-refractivity contribution in [2.75, 3.05) is 25.5 Å². The van der Waals surface area contributed by atoms with Gasteiger partial charge >= 0.3 is 6.03 Å². The molecule has 1 aromatic rings. The van der Waals surface area contributed by atoms with Gasteiger partial charge < -0.3 is 5.11 Å². The van der Waals surface area contributed by atoms with Gasteiger partial charge in [0.05, 0.1) is 10.6 Å². The molecule has 0 aliphatic carbocycles. The van der Waals surface area contributed by atoms with Crippen LogP contribution in [0, 0.1) is 0 Å². The molecule has 1 fully saturated rings. The molecule has 0 atom stereocenters. The molecule has 0 bridgehead atoms. The lowest BCUT2D eigenvalue weighted by Gasteiger charge is -2.21. The lowest BCUT2D eigenvalue weighted by atomic mass is 10.2. The Labute approximate surface area is 135 Å². The summed E-state index contributed by atoms with van der Waals surface area (Å²) in [5.41, 5.74) is 0.101. The summed E-state index contributed by atoms with van der Waals surface area (Å²) in [4.78, 5) is 26.3. The maximum Gasteiger partial charge on any atom is 0.332 e. The van der Waals surface area contributed by atoms with Gasteiger partial charge in [0.15, 0.2) is 0 Å². The summed E-state index contributed by atoms with van der Waals surface area (Å²) in [6, 6.07) is 2.85. The molecule has 23 heavy (non-hydrogen) atoms. The number of aromatic hydroxyl groups is 1. The van der Waals surface area contributed by atoms with Gasteiger partial charge in [-0.3, -0.25) is 14.6 Å². The molecule has 1 saturated heterocycles. The zero-order chi connectivity index (χ0) is 17.5. The van der Waals surface area contributed by atoms with Crippen LogP contribution in [0.25, 0.3) is 0 Å². The maximum atomic E-state index is 12.3. The van der Waals surface area contributed by atoms with Crippen molar-refractivity contribution in [3.8, 4) is 5.75 Å². The van der Waals surface area contributed by atoms with Crippen molar-refractivity contribution in [3.63, 3.8) is 0 Å². The number of anilines is 1. The number of carbonyl (C=O) groups excluding carboxylic acids is 2. The van der Waals surface area contributed by atoms with Crippen molar-refractivity contribution in [1.82, 2.24) is 9.21 Å². The molecule has 0 radical (unpaired) electrons. The second kappa shape index (κ2) is 5.82. The first-order chi connectivity index (χ1) is 10.6. The number of imide groups is 1. The van der Waals surface area contributed by atoms with E-state index in [2.05, 4.69) is 0 Å². The number of hydrogen-bond acceptors (Lipinski definition) is 5. The molecule has 1 heterocycles. The van der Waals surface area contributed by atoms with E-state index in [0.717, 1.165) is 20.2 Å². The van der Waals surface area contributed by atoms with Crippen molar-refractivity contribution in [2.24, 2.45) is 0 Å². The van der Waals surface area contributed by atoms with Gasteiger partial charge in [-0.15, -0.1) is 0 Å². The van der Waals surface area contributed by atoms with Crippen LogP contribution in [0.5, 0.6) is 5.75 Å². The highest BCUT2D eigenvalue weighted by atomic mass is 32.2. The third-order valence-corrected chi connectivity index (χ3v) is 5.34. The van der Waals surface area contributed by atoms with Crippen LogP contribution in [0.3, 0.4) is 0 Å². The third-order valence-electron chi connectivity index (χ3n) is 3.53. The fraction of sp³-hybridized carbons (Fsp3) is 0.429. The molecule has 0 unspecified atom stereocenters. The van der Waals surface area contributed by atoms with Gasteiger partial charge in [-0.2, -0.15) is 0 Å². The first-order valence-electron chi connectivity index (χ1n) is 6.96. The predicted octanol–water partition coefficient (Wildman–Crippen LogP) is 0.819. The van der Waals surface area contributed by atoms with Crippen LogP contribution in [0.1, 0.15) is 13.8 Å². The summed E-state index contributed by atoms with van der Waals surface area (Å²) in [5.74, 6) is -0.742. The SMILES string of the molecule is CC(C)N1C(=O)CN(c2ccc(S(=O)(=O)N(C)C)cc2O)C1=O. The van der Waals surface area contributed by atoms with E-state index in [0.29, 0.717) is 0 Å². The highest BCUT2D eigenvalue weighted by molar-refractivity contribution is 7.89. The number of phenols is 1. The van der Waals surface area contributed by atoms with Crippen LogP contribution >= 0.6 is 0 Å². The minimum absolute atomic E-state index is 0.0950. The van der Waals surface area contributed by atoms with Gasteiger partial charge in [0, 0.05) is 26.2 Å². The highest BCUT2D eigenvalue weighted by Crippen LogP contribution is 2.33. The van der Waals surface area contributed by atoms with Crippen LogP contribution in [-0.2, 0) is 14.8 Å². The van der Waals surface area contributed by atoms with Crippen molar-refractivity contribution in [3.05, 3.63) is 18.2 Å². The topological polar surface area (TPSA) is 98.2 Å². The summed E-state index contributed by atoms with van der Waals surface area (Å²) in [7, 11) is -0.939. The molecule has 1 aromatic carbocycles. The second-order valence-corrected chi connectivity index (χ2v) is 7.82. The normalized spacial score (nSPS) is 16.1. The smallest absolute Gasteiger partial charge is 0.332 e. The lowest BCUT2D eigenvalue weighted by molar-refractivity contribution is -0.125. The largest absolute Gasteiger partial charge is 0.506 e. The Hall–Kier alpha value is -2.13. The lowest BCUT2D eigenvalue weighted by Crippen LogP contribution is -2.38. The molecule has 2 rings (SSSR count). The van der Waals surface area contributed by atoms with Gasteiger partial charge in [-0.05, 0) is 26.0 Å². The van der Waals surface area contributed by atoms with Crippen LogP contribution in [-0.4, -0.2) is 61.3 Å². The average Bonchev–Trinajstić information content (AvgIpc) is 2.73. The Morgan fingerprint density at radius 2 is 1.83 bits per heavy atom. The number of amides is 3. The first-order valence-corrected chi connectivity index (χ1v) is 8.40. The minimum atomic E-state index is -3.70. The Balaban J connectivity index is 2.40. The van der Waals surface area contributed by atoms with Gasteiger partial charge in [0.25, 0.3) is 5.91 Å². The van der Waals surface area contributed by atoms with Crippen molar-refractivity contribution in [2.45, 2.75) is 24.8 Å². The number of urea groups is 1. The van der Waals surface area contributed by atoms with Crippen LogP contribution in [0.15, 0.2) is 23.1 Å². The van der Waals surface area contributed by atoms with E-state index in [1.807, 2.05) is 0 Å². The number of nitrogens with zero attached hydrogens (tertiary/aromatic N) is 3. The number of rotatable bonds is 4. The Kier molecular flexibility index (Phi) is 4.36. The quantitative estimate of drug-likeness (QED) is 0.818. The van der Waals surface area contributed by atoms with Crippen LogP contribution in [0.4, 0.5) is 10.5 Å². The van der Waals surface area contributed by atoms with Gasteiger partial charge in [-0.1, -0.05) is 0 Å². The summed E-state index contributed by atoms with van der Waals surface area (Å²) in [5, 5.41) is 10.1. The molecule has 1 aliphatic rings. The van der Waals surface area contributed by atoms with E-state index < -0.39 is 16.1 Å². The van der Waals surface area contributed by atoms with E-state index >= 15 is 0 Å². The van der Waals surface area contributed by atoms with Crippen molar-refractivity contribution >= 4 is 27.6 Å². The zero-order valence-corrected chi connectivity index (χ0v) is 14.2. The third kappa shape index (κ3) is 2.89. The van der Waals surface area contributed by atoms with Gasteiger partial charge in [0.1, 0.15) is 12.3 Å². The van der Waals surface area contributed by atoms with Crippen molar-refractivity contribution < 1.29 is 23.1 Å². The van der Waals surface area contributed by atoms with Crippen molar-refractivity contribution in [1.29, 1.82) is 0 Å². The van der Waals surface area contributed by atoms with Crippen LogP contribution in [0.2, 0.25) is 0 Å². The molecule has 9 heteroatoms. The standard InChI is InChI=1S/C14H19N3O5S/c1-9(2)17-13(19)8-16(14(17)20)11-6-5-10(7-12(11)18)23(21,22)15(3)4/h5-7,9,18H,8H2,1-4H3. The predicted molar refractivity (Wildman–Crippen MR) is 83.7 cm³/mol. The van der Waals surface area contributed by atoms with E-state index in [9.17, 15) is 23.1 Å². The molecular formula is C14H19N3O5S. The monoisotopic (exact) mass is 341 g/mol. The molecule has 0 spiro atoms. The Morgan fingerprint density at radius 3 is 2.26 bits per heavy atom. The summed E-state index contributed by atoms with van der Waals surface area (Å²) >= 11 is 0. The summed E-state index contributed by atoms with van der Waals surface area (Å²) in [6.45, 7) is 3.24. The maximum absolute atomic E-state index is 12.3. The molecule has 0 saturated carbocycles. The summed E-state index contributed by atoms with van der Waals surface area (Å²) < 4.78 is 25.1. The number of sulfonamides is 1. The number of carbonyl (C=O) groups is 2. The summed E-state index contributed by atoms with van der Waals surface area (Å²) in [6.07, 6.45) is 0. The molecule has 1 N–H and O–H groups in total. The van der Waals surface area contributed by atoms with Gasteiger partial charge in [-0.25, -0.2) is 17.5 Å². The molecular weight excluding hydrogens is 322 g/mol. The molecule has 126 valence electrons. The van der Waals surface area contributed by atoms with Gasteiger partial charge in [0.2, 0.25) is 10.0 Å². The number of hydrogen-bond donors (Lipinski definition) is 1. The molecule has 1 aliphatic heterocycles. The van der Waals surface area contributed by atoms with E-state index in [1.165, 1.54) is 26.2 Å². The fourth-order valence-electron chi connectivity index (χ4n) is 2.32. The highest BCUT2D eigenvalue weighted by Gasteiger charge is 2.39. The van der Waals surface area contributed by atoms with E-state index in [1.54, 1.807) is 13.8 Å². The minimum Gasteiger partial charge on any atom is -0.506 e. The first kappa shape index (κ1) is 17.2. The number of phenolic OH excluding ortho intramolecular Hbond substituents is 1. The Bertz CT molecular complexity index is 758. The molecule has 3 amide bonds. The fourth-order valence-corrected chi connectivity index (χ4v) is 3.24. The van der Waals surface area contributed by atoms with Crippen LogP contribution < -0.4 is 4.90 Å². The number of benzene rings is 1. The van der Waals surface area contributed by atoms with E-state index in [4.69, 9.17) is 0 Å². The second-order valence-electron chi connectivity index (χ2n) is 5.66. The van der Waals surface area contributed by atoms with E-state index in [-0.39, 0.29) is 34.8 Å². The zero-order valence-electron chi connectivity index (χ0n) is 13.3. The average molecular weight is 341 g/mol. The Morgan fingerprint density at radius 1 is 1.22 bits per heavy atom. The molecule has 8 nitrogen and oxygen atoms in total.